The number of para-hydroxylation sites is 1. The average molecular weight is 229 g/mol. The molecule has 4 nitrogen and oxygen atoms in total. The molecule has 0 N–H and O–H groups in total. The van der Waals surface area contributed by atoms with Crippen LogP contribution >= 0.6 is 0 Å². The highest BCUT2D eigenvalue weighted by Gasteiger charge is 2.28. The van der Waals surface area contributed by atoms with Gasteiger partial charge in [-0.25, -0.2) is 0 Å². The van der Waals surface area contributed by atoms with E-state index in [1.807, 2.05) is 18.2 Å². The van der Waals surface area contributed by atoms with Crippen molar-refractivity contribution in [1.82, 2.24) is 14.8 Å². The SMILES string of the molecule is CC(C)n1cnnc1C1Cc2ccccc2O1. The molecule has 1 aromatic heterocycles. The summed E-state index contributed by atoms with van der Waals surface area (Å²) in [5.41, 5.74) is 1.25. The predicted molar refractivity (Wildman–Crippen MR) is 63.9 cm³/mol. The maximum absolute atomic E-state index is 5.92. The van der Waals surface area contributed by atoms with Crippen molar-refractivity contribution in [2.75, 3.05) is 0 Å². The molecule has 4 heteroatoms. The highest BCUT2D eigenvalue weighted by molar-refractivity contribution is 5.38. The molecule has 17 heavy (non-hydrogen) atoms. The van der Waals surface area contributed by atoms with Crippen molar-refractivity contribution in [3.63, 3.8) is 0 Å². The minimum absolute atomic E-state index is 0.00250. The van der Waals surface area contributed by atoms with E-state index in [4.69, 9.17) is 4.74 Å². The van der Waals surface area contributed by atoms with E-state index >= 15 is 0 Å². The molecule has 1 atom stereocenters. The third-order valence-electron chi connectivity index (χ3n) is 3.09. The highest BCUT2D eigenvalue weighted by Crippen LogP contribution is 2.35. The Balaban J connectivity index is 1.91. The van der Waals surface area contributed by atoms with E-state index in [9.17, 15) is 0 Å². The quantitative estimate of drug-likeness (QED) is 0.794. The van der Waals surface area contributed by atoms with Gasteiger partial charge in [0.25, 0.3) is 0 Å². The van der Waals surface area contributed by atoms with Crippen molar-refractivity contribution in [2.45, 2.75) is 32.4 Å². The number of rotatable bonds is 2. The third kappa shape index (κ3) is 1.69. The third-order valence-corrected chi connectivity index (χ3v) is 3.09. The maximum atomic E-state index is 5.92. The van der Waals surface area contributed by atoms with Gasteiger partial charge in [0.1, 0.15) is 12.1 Å². The van der Waals surface area contributed by atoms with Crippen LogP contribution in [0.15, 0.2) is 30.6 Å². The van der Waals surface area contributed by atoms with Crippen LogP contribution in [0.1, 0.15) is 37.4 Å². The van der Waals surface area contributed by atoms with Gasteiger partial charge in [-0.05, 0) is 25.5 Å². The van der Waals surface area contributed by atoms with E-state index in [1.54, 1.807) is 6.33 Å². The summed E-state index contributed by atoms with van der Waals surface area (Å²) in [7, 11) is 0. The number of fused-ring (bicyclic) bond motifs is 1. The summed E-state index contributed by atoms with van der Waals surface area (Å²) < 4.78 is 7.98. The maximum Gasteiger partial charge on any atom is 0.174 e. The summed E-state index contributed by atoms with van der Waals surface area (Å²) in [5.74, 6) is 1.88. The number of hydrogen-bond acceptors (Lipinski definition) is 3. The van der Waals surface area contributed by atoms with Gasteiger partial charge < -0.3 is 9.30 Å². The second kappa shape index (κ2) is 3.87. The predicted octanol–water partition coefficient (Wildman–Crippen LogP) is 2.54. The number of ether oxygens (including phenoxy) is 1. The molecular weight excluding hydrogens is 214 g/mol. The first-order valence-electron chi connectivity index (χ1n) is 5.89. The lowest BCUT2D eigenvalue weighted by atomic mass is 10.1. The van der Waals surface area contributed by atoms with Crippen LogP contribution in [0.3, 0.4) is 0 Å². The Hall–Kier alpha value is -1.84. The first-order chi connectivity index (χ1) is 8.25. The van der Waals surface area contributed by atoms with E-state index in [1.165, 1.54) is 5.56 Å². The molecule has 0 radical (unpaired) electrons. The van der Waals surface area contributed by atoms with Crippen molar-refractivity contribution >= 4 is 0 Å². The molecule has 0 spiro atoms. The van der Waals surface area contributed by atoms with Crippen LogP contribution in [-0.2, 0) is 6.42 Å². The van der Waals surface area contributed by atoms with Crippen molar-refractivity contribution in [3.05, 3.63) is 42.0 Å². The van der Waals surface area contributed by atoms with Crippen molar-refractivity contribution in [2.24, 2.45) is 0 Å². The lowest BCUT2D eigenvalue weighted by Crippen LogP contribution is -2.13. The molecule has 3 rings (SSSR count). The van der Waals surface area contributed by atoms with E-state index in [0.717, 1.165) is 18.0 Å². The fourth-order valence-corrected chi connectivity index (χ4v) is 2.21. The first kappa shape index (κ1) is 10.3. The fourth-order valence-electron chi connectivity index (χ4n) is 2.21. The minimum atomic E-state index is -0.00250. The van der Waals surface area contributed by atoms with Crippen LogP contribution < -0.4 is 4.74 Å². The lowest BCUT2D eigenvalue weighted by molar-refractivity contribution is 0.219. The summed E-state index contributed by atoms with van der Waals surface area (Å²) >= 11 is 0. The van der Waals surface area contributed by atoms with E-state index in [-0.39, 0.29) is 6.10 Å². The molecule has 1 aliphatic heterocycles. The normalized spacial score (nSPS) is 18.2. The molecule has 88 valence electrons. The van der Waals surface area contributed by atoms with E-state index in [2.05, 4.69) is 34.7 Å². The minimum Gasteiger partial charge on any atom is -0.482 e. The zero-order valence-corrected chi connectivity index (χ0v) is 10.00. The Bertz CT molecular complexity index is 508. The summed E-state index contributed by atoms with van der Waals surface area (Å²) in [4.78, 5) is 0. The largest absolute Gasteiger partial charge is 0.482 e. The van der Waals surface area contributed by atoms with Gasteiger partial charge in [0, 0.05) is 12.5 Å². The van der Waals surface area contributed by atoms with Crippen LogP contribution in [0.5, 0.6) is 5.75 Å². The van der Waals surface area contributed by atoms with Gasteiger partial charge in [-0.15, -0.1) is 10.2 Å². The molecule has 0 fully saturated rings. The molecule has 0 amide bonds. The zero-order chi connectivity index (χ0) is 11.8. The average Bonchev–Trinajstić information content (AvgIpc) is 2.95. The second-order valence-electron chi connectivity index (χ2n) is 4.61. The van der Waals surface area contributed by atoms with E-state index in [0.29, 0.717) is 6.04 Å². The molecule has 0 bridgehead atoms. The zero-order valence-electron chi connectivity index (χ0n) is 10.00. The number of aromatic nitrogens is 3. The summed E-state index contributed by atoms with van der Waals surface area (Å²) in [6.07, 6.45) is 2.64. The molecule has 2 heterocycles. The van der Waals surface area contributed by atoms with Gasteiger partial charge >= 0.3 is 0 Å². The number of nitrogens with zero attached hydrogens (tertiary/aromatic N) is 3. The Morgan fingerprint density at radius 2 is 2.18 bits per heavy atom. The Kier molecular flexibility index (Phi) is 2.35. The van der Waals surface area contributed by atoms with Crippen LogP contribution in [-0.4, -0.2) is 14.8 Å². The molecule has 0 saturated heterocycles. The standard InChI is InChI=1S/C13H15N3O/c1-9(2)16-8-14-15-13(16)12-7-10-5-3-4-6-11(10)17-12/h3-6,8-9,12H,7H2,1-2H3. The van der Waals surface area contributed by atoms with Gasteiger partial charge in [0.05, 0.1) is 0 Å². The number of benzene rings is 1. The van der Waals surface area contributed by atoms with Crippen molar-refractivity contribution in [3.8, 4) is 5.75 Å². The molecule has 0 aliphatic carbocycles. The molecule has 1 unspecified atom stereocenters. The summed E-state index contributed by atoms with van der Waals surface area (Å²) in [6.45, 7) is 4.24. The summed E-state index contributed by atoms with van der Waals surface area (Å²) in [6, 6.07) is 8.50. The van der Waals surface area contributed by atoms with Crippen LogP contribution in [0.4, 0.5) is 0 Å². The molecular formula is C13H15N3O. The van der Waals surface area contributed by atoms with Crippen LogP contribution in [0.2, 0.25) is 0 Å². The van der Waals surface area contributed by atoms with Crippen molar-refractivity contribution in [1.29, 1.82) is 0 Å². The van der Waals surface area contributed by atoms with Gasteiger partial charge in [-0.3, -0.25) is 0 Å². The molecule has 1 aliphatic rings. The highest BCUT2D eigenvalue weighted by atomic mass is 16.5. The molecule has 1 aromatic carbocycles. The van der Waals surface area contributed by atoms with Gasteiger partial charge in [0.15, 0.2) is 11.9 Å². The second-order valence-corrected chi connectivity index (χ2v) is 4.61. The Morgan fingerprint density at radius 1 is 1.35 bits per heavy atom. The monoisotopic (exact) mass is 229 g/mol. The van der Waals surface area contributed by atoms with Gasteiger partial charge in [0.2, 0.25) is 0 Å². The number of hydrogen-bond donors (Lipinski definition) is 0. The smallest absolute Gasteiger partial charge is 0.174 e. The van der Waals surface area contributed by atoms with Gasteiger partial charge in [-0.2, -0.15) is 0 Å². The van der Waals surface area contributed by atoms with Crippen LogP contribution in [0, 0.1) is 0 Å². The molecule has 2 aromatic rings. The van der Waals surface area contributed by atoms with Crippen molar-refractivity contribution < 1.29 is 4.74 Å². The van der Waals surface area contributed by atoms with E-state index < -0.39 is 0 Å². The Labute approximate surface area is 100 Å². The topological polar surface area (TPSA) is 39.9 Å². The van der Waals surface area contributed by atoms with Gasteiger partial charge in [-0.1, -0.05) is 18.2 Å². The lowest BCUT2D eigenvalue weighted by Gasteiger charge is -2.14. The van der Waals surface area contributed by atoms with Crippen LogP contribution in [0.25, 0.3) is 0 Å². The summed E-state index contributed by atoms with van der Waals surface area (Å²) in [5, 5.41) is 8.17. The fraction of sp³-hybridized carbons (Fsp3) is 0.385. The Morgan fingerprint density at radius 3 is 2.94 bits per heavy atom. The first-order valence-corrected chi connectivity index (χ1v) is 5.89. The molecule has 0 saturated carbocycles.